The molecule has 1 heterocycles. The zero-order valence-electron chi connectivity index (χ0n) is 15.8. The summed E-state index contributed by atoms with van der Waals surface area (Å²) in [5, 5.41) is 8.08. The van der Waals surface area contributed by atoms with Crippen molar-refractivity contribution < 1.29 is 19.1 Å². The molecule has 2 atom stereocenters. The highest BCUT2D eigenvalue weighted by Crippen LogP contribution is 2.16. The molecule has 0 saturated carbocycles. The highest BCUT2D eigenvalue weighted by molar-refractivity contribution is 5.94. The third-order valence-electron chi connectivity index (χ3n) is 4.35. The molecule has 1 fully saturated rings. The van der Waals surface area contributed by atoms with E-state index in [1.54, 1.807) is 18.2 Å². The third-order valence-corrected chi connectivity index (χ3v) is 4.35. The zero-order chi connectivity index (χ0) is 19.8. The van der Waals surface area contributed by atoms with Crippen LogP contribution in [0.5, 0.6) is 0 Å². The molecule has 1 aromatic carbocycles. The summed E-state index contributed by atoms with van der Waals surface area (Å²) in [6, 6.07) is 6.58. The van der Waals surface area contributed by atoms with Crippen LogP contribution in [0.1, 0.15) is 32.3 Å². The molecule has 148 valence electrons. The number of carbonyl (C=O) groups excluding carboxylic acids is 3. The summed E-state index contributed by atoms with van der Waals surface area (Å²) in [7, 11) is 0. The molecular weight excluding hydrogens is 348 g/mol. The number of benzene rings is 1. The molecular formula is C19H28N4O4. The number of nitrogens with two attached hydrogens (primary N) is 1. The topological polar surface area (TPSA) is 123 Å². The van der Waals surface area contributed by atoms with Crippen molar-refractivity contribution in [3.8, 4) is 0 Å². The van der Waals surface area contributed by atoms with Gasteiger partial charge in [-0.2, -0.15) is 0 Å². The van der Waals surface area contributed by atoms with E-state index in [0.29, 0.717) is 12.3 Å². The molecule has 0 aromatic heterocycles. The van der Waals surface area contributed by atoms with Gasteiger partial charge in [0.25, 0.3) is 5.91 Å². The van der Waals surface area contributed by atoms with E-state index in [1.165, 1.54) is 0 Å². The molecule has 0 spiro atoms. The fraction of sp³-hybridized carbons (Fsp3) is 0.526. The van der Waals surface area contributed by atoms with E-state index in [1.807, 2.05) is 19.9 Å². The Morgan fingerprint density at radius 2 is 2.04 bits per heavy atom. The summed E-state index contributed by atoms with van der Waals surface area (Å²) in [6.45, 7) is 4.45. The quantitative estimate of drug-likeness (QED) is 0.527. The lowest BCUT2D eigenvalue weighted by Crippen LogP contribution is -2.47. The molecule has 8 nitrogen and oxygen atoms in total. The van der Waals surface area contributed by atoms with Crippen molar-refractivity contribution in [2.24, 2.45) is 11.7 Å². The smallest absolute Gasteiger partial charge is 0.253 e. The molecule has 2 rings (SSSR count). The first kappa shape index (κ1) is 20.9. The van der Waals surface area contributed by atoms with Crippen molar-refractivity contribution in [3.63, 3.8) is 0 Å². The summed E-state index contributed by atoms with van der Waals surface area (Å²) in [5.41, 5.74) is 7.21. The van der Waals surface area contributed by atoms with Crippen molar-refractivity contribution in [1.29, 1.82) is 0 Å². The standard InChI is InChI=1S/C19H28N4O4/c1-12(2)17(20)19(26)22-11-16(24)21-10-13-5-3-6-14(9-13)23-18(25)15-7-4-8-27-15/h3,5-6,9,12,15,17H,4,7-8,10-11,20H2,1-2H3,(H,21,24)(H,22,26)(H,23,25)/t15?,17-/m0/s1. The van der Waals surface area contributed by atoms with Crippen LogP contribution in [0, 0.1) is 5.92 Å². The Hall–Kier alpha value is -2.45. The maximum Gasteiger partial charge on any atom is 0.253 e. The number of ether oxygens (including phenoxy) is 1. The number of hydrogen-bond donors (Lipinski definition) is 4. The minimum atomic E-state index is -0.637. The fourth-order valence-corrected chi connectivity index (χ4v) is 2.62. The van der Waals surface area contributed by atoms with Crippen LogP contribution < -0.4 is 21.7 Å². The maximum atomic E-state index is 12.1. The first-order valence-corrected chi connectivity index (χ1v) is 9.18. The predicted molar refractivity (Wildman–Crippen MR) is 102 cm³/mol. The second-order valence-corrected chi connectivity index (χ2v) is 6.96. The molecule has 1 aromatic rings. The van der Waals surface area contributed by atoms with E-state index in [-0.39, 0.29) is 36.7 Å². The Morgan fingerprint density at radius 3 is 2.70 bits per heavy atom. The van der Waals surface area contributed by atoms with Crippen molar-refractivity contribution >= 4 is 23.4 Å². The Balaban J connectivity index is 1.77. The Kier molecular flexibility index (Phi) is 7.75. The molecule has 0 radical (unpaired) electrons. The maximum absolute atomic E-state index is 12.1. The second kappa shape index (κ2) is 10.0. The number of anilines is 1. The van der Waals surface area contributed by atoms with Crippen LogP contribution in [0.15, 0.2) is 24.3 Å². The number of nitrogens with one attached hydrogen (secondary N) is 3. The molecule has 5 N–H and O–H groups in total. The highest BCUT2D eigenvalue weighted by Gasteiger charge is 2.23. The van der Waals surface area contributed by atoms with Gasteiger partial charge in [0.1, 0.15) is 6.10 Å². The van der Waals surface area contributed by atoms with E-state index < -0.39 is 12.1 Å². The molecule has 3 amide bonds. The summed E-state index contributed by atoms with van der Waals surface area (Å²) in [4.78, 5) is 35.7. The zero-order valence-corrected chi connectivity index (χ0v) is 15.8. The average molecular weight is 376 g/mol. The summed E-state index contributed by atoms with van der Waals surface area (Å²) >= 11 is 0. The van der Waals surface area contributed by atoms with Gasteiger partial charge in [-0.15, -0.1) is 0 Å². The Bertz CT molecular complexity index is 671. The lowest BCUT2D eigenvalue weighted by atomic mass is 10.1. The van der Waals surface area contributed by atoms with Crippen LogP contribution in [0.2, 0.25) is 0 Å². The number of hydrogen-bond acceptors (Lipinski definition) is 5. The van der Waals surface area contributed by atoms with Crippen LogP contribution in [-0.2, 0) is 25.7 Å². The molecule has 8 heteroatoms. The van der Waals surface area contributed by atoms with Gasteiger partial charge in [0.15, 0.2) is 0 Å². The van der Waals surface area contributed by atoms with Crippen molar-refractivity contribution in [2.45, 2.75) is 45.4 Å². The summed E-state index contributed by atoms with van der Waals surface area (Å²) < 4.78 is 5.36. The number of amides is 3. The highest BCUT2D eigenvalue weighted by atomic mass is 16.5. The molecule has 1 unspecified atom stereocenters. The van der Waals surface area contributed by atoms with Gasteiger partial charge in [0.05, 0.1) is 12.6 Å². The SMILES string of the molecule is CC(C)[C@H](N)C(=O)NCC(=O)NCc1cccc(NC(=O)C2CCCO2)c1. The van der Waals surface area contributed by atoms with Crippen molar-refractivity contribution in [3.05, 3.63) is 29.8 Å². The fourth-order valence-electron chi connectivity index (χ4n) is 2.62. The number of rotatable bonds is 8. The van der Waals surface area contributed by atoms with E-state index in [2.05, 4.69) is 16.0 Å². The van der Waals surface area contributed by atoms with Crippen LogP contribution in [0.3, 0.4) is 0 Å². The Labute approximate surface area is 159 Å². The minimum Gasteiger partial charge on any atom is -0.368 e. The van der Waals surface area contributed by atoms with Crippen LogP contribution in [0.4, 0.5) is 5.69 Å². The average Bonchev–Trinajstić information content (AvgIpc) is 3.19. The van der Waals surface area contributed by atoms with E-state index in [0.717, 1.165) is 18.4 Å². The van der Waals surface area contributed by atoms with Crippen molar-refractivity contribution in [1.82, 2.24) is 10.6 Å². The predicted octanol–water partition coefficient (Wildman–Crippen LogP) is 0.520. The molecule has 1 aliphatic heterocycles. The second-order valence-electron chi connectivity index (χ2n) is 6.96. The van der Waals surface area contributed by atoms with Gasteiger partial charge in [-0.05, 0) is 36.5 Å². The molecule has 1 saturated heterocycles. The van der Waals surface area contributed by atoms with Gasteiger partial charge in [-0.25, -0.2) is 0 Å². The lowest BCUT2D eigenvalue weighted by Gasteiger charge is -2.15. The van der Waals surface area contributed by atoms with Crippen LogP contribution >= 0.6 is 0 Å². The lowest BCUT2D eigenvalue weighted by molar-refractivity contribution is -0.127. The van der Waals surface area contributed by atoms with Gasteiger partial charge in [0, 0.05) is 18.8 Å². The first-order valence-electron chi connectivity index (χ1n) is 9.18. The van der Waals surface area contributed by atoms with Crippen molar-refractivity contribution in [2.75, 3.05) is 18.5 Å². The van der Waals surface area contributed by atoms with E-state index >= 15 is 0 Å². The largest absolute Gasteiger partial charge is 0.368 e. The van der Waals surface area contributed by atoms with Gasteiger partial charge < -0.3 is 26.4 Å². The van der Waals surface area contributed by atoms with Gasteiger partial charge in [0.2, 0.25) is 11.8 Å². The monoisotopic (exact) mass is 376 g/mol. The van der Waals surface area contributed by atoms with Gasteiger partial charge in [-0.3, -0.25) is 14.4 Å². The summed E-state index contributed by atoms with van der Waals surface area (Å²) in [6.07, 6.45) is 1.23. The molecule has 0 aliphatic carbocycles. The third kappa shape index (κ3) is 6.65. The normalized spacial score (nSPS) is 17.4. The first-order chi connectivity index (χ1) is 12.9. The molecule has 0 bridgehead atoms. The van der Waals surface area contributed by atoms with Crippen LogP contribution in [-0.4, -0.2) is 43.0 Å². The molecule has 27 heavy (non-hydrogen) atoms. The molecule has 1 aliphatic rings. The van der Waals surface area contributed by atoms with E-state index in [4.69, 9.17) is 10.5 Å². The van der Waals surface area contributed by atoms with Crippen LogP contribution in [0.25, 0.3) is 0 Å². The van der Waals surface area contributed by atoms with Gasteiger partial charge >= 0.3 is 0 Å². The van der Waals surface area contributed by atoms with Gasteiger partial charge in [-0.1, -0.05) is 26.0 Å². The summed E-state index contributed by atoms with van der Waals surface area (Å²) in [5.74, 6) is -0.814. The Morgan fingerprint density at radius 1 is 1.26 bits per heavy atom. The number of carbonyl (C=O) groups is 3. The minimum absolute atomic E-state index is 0.000597. The van der Waals surface area contributed by atoms with E-state index in [9.17, 15) is 14.4 Å².